The molecule has 2 fully saturated rings. The molecule has 1 amide bonds. The standard InChI is InChI=1S/C14H20N2O2/c1-10-8-11(9-18-10)14(17)16-7-3-5-13(16)12-4-2-6-15-12/h8-9,12-13,15H,2-7H2,1H3. The van der Waals surface area contributed by atoms with Crippen molar-refractivity contribution < 1.29 is 9.21 Å². The molecule has 2 atom stereocenters. The SMILES string of the molecule is Cc1cc(C(=O)N2CCCC2C2CCCN2)co1. The highest BCUT2D eigenvalue weighted by Crippen LogP contribution is 2.26. The van der Waals surface area contributed by atoms with Gasteiger partial charge < -0.3 is 14.6 Å². The summed E-state index contributed by atoms with van der Waals surface area (Å²) in [5.74, 6) is 0.927. The summed E-state index contributed by atoms with van der Waals surface area (Å²) in [5.41, 5.74) is 0.692. The van der Waals surface area contributed by atoms with Crippen LogP contribution in [0.15, 0.2) is 16.7 Å². The van der Waals surface area contributed by atoms with E-state index >= 15 is 0 Å². The minimum Gasteiger partial charge on any atom is -0.469 e. The van der Waals surface area contributed by atoms with Crippen LogP contribution in [0.5, 0.6) is 0 Å². The molecule has 1 aromatic heterocycles. The zero-order valence-electron chi connectivity index (χ0n) is 10.8. The van der Waals surface area contributed by atoms with Crippen LogP contribution in [-0.2, 0) is 0 Å². The highest BCUT2D eigenvalue weighted by Gasteiger charge is 2.36. The first-order valence-corrected chi connectivity index (χ1v) is 6.85. The molecule has 98 valence electrons. The summed E-state index contributed by atoms with van der Waals surface area (Å²) in [6.07, 6.45) is 6.24. The van der Waals surface area contributed by atoms with E-state index < -0.39 is 0 Å². The van der Waals surface area contributed by atoms with Gasteiger partial charge in [-0.25, -0.2) is 0 Å². The van der Waals surface area contributed by atoms with E-state index in [0.717, 1.165) is 31.7 Å². The maximum atomic E-state index is 12.5. The number of hydrogen-bond acceptors (Lipinski definition) is 3. The van der Waals surface area contributed by atoms with Crippen LogP contribution in [0, 0.1) is 6.92 Å². The van der Waals surface area contributed by atoms with Gasteiger partial charge >= 0.3 is 0 Å². The number of hydrogen-bond donors (Lipinski definition) is 1. The summed E-state index contributed by atoms with van der Waals surface area (Å²) in [5, 5.41) is 3.52. The summed E-state index contributed by atoms with van der Waals surface area (Å²) in [7, 11) is 0. The number of carbonyl (C=O) groups excluding carboxylic acids is 1. The number of rotatable bonds is 2. The van der Waals surface area contributed by atoms with Gasteiger partial charge in [0.2, 0.25) is 0 Å². The third-order valence-electron chi connectivity index (χ3n) is 4.10. The van der Waals surface area contributed by atoms with E-state index in [0.29, 0.717) is 17.6 Å². The van der Waals surface area contributed by atoms with E-state index in [4.69, 9.17) is 4.42 Å². The van der Waals surface area contributed by atoms with Crippen LogP contribution in [0.2, 0.25) is 0 Å². The van der Waals surface area contributed by atoms with Crippen molar-refractivity contribution >= 4 is 5.91 Å². The van der Waals surface area contributed by atoms with Crippen LogP contribution in [0.4, 0.5) is 0 Å². The van der Waals surface area contributed by atoms with Crippen LogP contribution < -0.4 is 5.32 Å². The minimum atomic E-state index is 0.128. The van der Waals surface area contributed by atoms with E-state index in [1.54, 1.807) is 6.26 Å². The van der Waals surface area contributed by atoms with Crippen molar-refractivity contribution in [1.82, 2.24) is 10.2 Å². The summed E-state index contributed by atoms with van der Waals surface area (Å²) < 4.78 is 5.24. The van der Waals surface area contributed by atoms with Gasteiger partial charge in [0.1, 0.15) is 12.0 Å². The normalized spacial score (nSPS) is 27.9. The Morgan fingerprint density at radius 1 is 1.44 bits per heavy atom. The second-order valence-electron chi connectivity index (χ2n) is 5.36. The molecule has 3 rings (SSSR count). The zero-order valence-corrected chi connectivity index (χ0v) is 10.8. The van der Waals surface area contributed by atoms with Crippen LogP contribution in [-0.4, -0.2) is 36.0 Å². The van der Waals surface area contributed by atoms with Gasteiger partial charge in [0, 0.05) is 18.6 Å². The van der Waals surface area contributed by atoms with E-state index in [1.165, 1.54) is 12.8 Å². The molecule has 4 nitrogen and oxygen atoms in total. The van der Waals surface area contributed by atoms with Gasteiger partial charge in [-0.1, -0.05) is 0 Å². The smallest absolute Gasteiger partial charge is 0.257 e. The Labute approximate surface area is 107 Å². The maximum Gasteiger partial charge on any atom is 0.257 e. The summed E-state index contributed by atoms with van der Waals surface area (Å²) in [6, 6.07) is 2.69. The van der Waals surface area contributed by atoms with Gasteiger partial charge in [-0.15, -0.1) is 0 Å². The van der Waals surface area contributed by atoms with Crippen LogP contribution in [0.25, 0.3) is 0 Å². The van der Waals surface area contributed by atoms with Gasteiger partial charge in [0.05, 0.1) is 5.56 Å². The monoisotopic (exact) mass is 248 g/mol. The molecule has 3 heterocycles. The Hall–Kier alpha value is -1.29. The lowest BCUT2D eigenvalue weighted by Gasteiger charge is -2.29. The lowest BCUT2D eigenvalue weighted by molar-refractivity contribution is 0.0710. The van der Waals surface area contributed by atoms with E-state index in [2.05, 4.69) is 5.32 Å². The molecule has 0 saturated carbocycles. The number of nitrogens with zero attached hydrogens (tertiary/aromatic N) is 1. The largest absolute Gasteiger partial charge is 0.469 e. The van der Waals surface area contributed by atoms with Crippen molar-refractivity contribution in [2.24, 2.45) is 0 Å². The van der Waals surface area contributed by atoms with Crippen LogP contribution >= 0.6 is 0 Å². The maximum absolute atomic E-state index is 12.5. The Bertz CT molecular complexity index is 435. The first-order valence-electron chi connectivity index (χ1n) is 6.85. The van der Waals surface area contributed by atoms with Gasteiger partial charge in [0.15, 0.2) is 0 Å². The molecule has 2 aliphatic heterocycles. The molecule has 18 heavy (non-hydrogen) atoms. The predicted octanol–water partition coefficient (Wildman–Crippen LogP) is 1.94. The topological polar surface area (TPSA) is 45.5 Å². The number of nitrogens with one attached hydrogen (secondary N) is 1. The summed E-state index contributed by atoms with van der Waals surface area (Å²) >= 11 is 0. The van der Waals surface area contributed by atoms with Crippen molar-refractivity contribution in [1.29, 1.82) is 0 Å². The molecular weight excluding hydrogens is 228 g/mol. The lowest BCUT2D eigenvalue weighted by Crippen LogP contribution is -2.46. The number of likely N-dealkylation sites (tertiary alicyclic amines) is 1. The number of amides is 1. The van der Waals surface area contributed by atoms with Crippen molar-refractivity contribution in [2.45, 2.75) is 44.7 Å². The molecule has 2 unspecified atom stereocenters. The van der Waals surface area contributed by atoms with Crippen LogP contribution in [0.3, 0.4) is 0 Å². The quantitative estimate of drug-likeness (QED) is 0.870. The molecule has 1 aromatic rings. The zero-order chi connectivity index (χ0) is 12.5. The second kappa shape index (κ2) is 4.76. The highest BCUT2D eigenvalue weighted by atomic mass is 16.3. The fourth-order valence-corrected chi connectivity index (χ4v) is 3.22. The van der Waals surface area contributed by atoms with Crippen molar-refractivity contribution in [2.75, 3.05) is 13.1 Å². The van der Waals surface area contributed by atoms with Gasteiger partial charge in [-0.2, -0.15) is 0 Å². The molecular formula is C14H20N2O2. The third kappa shape index (κ3) is 2.05. The molecule has 2 aliphatic rings. The Morgan fingerprint density at radius 3 is 3.00 bits per heavy atom. The number of furan rings is 1. The highest BCUT2D eigenvalue weighted by molar-refractivity contribution is 5.94. The molecule has 4 heteroatoms. The fourth-order valence-electron chi connectivity index (χ4n) is 3.22. The van der Waals surface area contributed by atoms with Gasteiger partial charge in [-0.05, 0) is 45.2 Å². The van der Waals surface area contributed by atoms with Crippen molar-refractivity contribution in [3.63, 3.8) is 0 Å². The third-order valence-corrected chi connectivity index (χ3v) is 4.10. The molecule has 2 saturated heterocycles. The molecule has 0 aromatic carbocycles. The molecule has 1 N–H and O–H groups in total. The average Bonchev–Trinajstić information content (AvgIpc) is 3.08. The molecule has 0 bridgehead atoms. The first-order chi connectivity index (χ1) is 8.75. The summed E-state index contributed by atoms with van der Waals surface area (Å²) in [6.45, 7) is 3.84. The first kappa shape index (κ1) is 11.8. The van der Waals surface area contributed by atoms with Crippen LogP contribution in [0.1, 0.15) is 41.8 Å². The Balaban J connectivity index is 1.75. The van der Waals surface area contributed by atoms with Gasteiger partial charge in [0.25, 0.3) is 5.91 Å². The number of carbonyl (C=O) groups is 1. The summed E-state index contributed by atoms with van der Waals surface area (Å²) in [4.78, 5) is 14.5. The number of aryl methyl sites for hydroxylation is 1. The predicted molar refractivity (Wildman–Crippen MR) is 68.5 cm³/mol. The average molecular weight is 248 g/mol. The minimum absolute atomic E-state index is 0.128. The molecule has 0 radical (unpaired) electrons. The fraction of sp³-hybridized carbons (Fsp3) is 0.643. The molecule has 0 aliphatic carbocycles. The molecule has 0 spiro atoms. The lowest BCUT2D eigenvalue weighted by atomic mass is 10.0. The van der Waals surface area contributed by atoms with Crippen molar-refractivity contribution in [3.05, 3.63) is 23.7 Å². The Morgan fingerprint density at radius 2 is 2.33 bits per heavy atom. The van der Waals surface area contributed by atoms with Crippen molar-refractivity contribution in [3.8, 4) is 0 Å². The van der Waals surface area contributed by atoms with Gasteiger partial charge in [-0.3, -0.25) is 4.79 Å². The Kier molecular flexibility index (Phi) is 3.12. The van der Waals surface area contributed by atoms with E-state index in [9.17, 15) is 4.79 Å². The van der Waals surface area contributed by atoms with E-state index in [-0.39, 0.29) is 5.91 Å². The second-order valence-corrected chi connectivity index (χ2v) is 5.36. The van der Waals surface area contributed by atoms with E-state index in [1.807, 2.05) is 17.9 Å².